The third-order valence-electron chi connectivity index (χ3n) is 9.63. The zero-order valence-corrected chi connectivity index (χ0v) is 24.7. The molecule has 8 nitrogen and oxygen atoms in total. The third kappa shape index (κ3) is 4.15. The third-order valence-corrected chi connectivity index (χ3v) is 10.9. The molecule has 0 radical (unpaired) electrons. The Bertz CT molecular complexity index is 1010. The quantitative estimate of drug-likeness (QED) is 0.465. The van der Waals surface area contributed by atoms with Crippen LogP contribution in [0.2, 0.25) is 0 Å². The molecule has 1 unspecified atom stereocenters. The summed E-state index contributed by atoms with van der Waals surface area (Å²) in [6.07, 6.45) is 8.38. The highest BCUT2D eigenvalue weighted by molar-refractivity contribution is 14.1. The van der Waals surface area contributed by atoms with Crippen molar-refractivity contribution in [2.24, 2.45) is 5.41 Å². The molecule has 5 aliphatic rings. The fourth-order valence-electron chi connectivity index (χ4n) is 7.26. The lowest BCUT2D eigenvalue weighted by Gasteiger charge is -2.58. The molecule has 200 valence electrons. The van der Waals surface area contributed by atoms with Gasteiger partial charge in [-0.05, 0) is 102 Å². The van der Waals surface area contributed by atoms with Crippen LogP contribution < -0.4 is 4.90 Å². The first kappa shape index (κ1) is 25.2. The van der Waals surface area contributed by atoms with Gasteiger partial charge in [-0.15, -0.1) is 0 Å². The number of carbonyl (C=O) groups excluding carboxylic acids is 1. The van der Waals surface area contributed by atoms with E-state index < -0.39 is 5.60 Å². The Hall–Kier alpha value is -1.07. The zero-order valence-electron chi connectivity index (χ0n) is 22.6. The van der Waals surface area contributed by atoms with Gasteiger partial charge in [-0.3, -0.25) is 9.58 Å². The number of ether oxygens (including phenoxy) is 2. The van der Waals surface area contributed by atoms with Crippen molar-refractivity contribution in [2.45, 2.75) is 102 Å². The maximum Gasteiger partial charge on any atom is 0.410 e. The van der Waals surface area contributed by atoms with Crippen molar-refractivity contribution in [3.05, 3.63) is 9.26 Å². The van der Waals surface area contributed by atoms with Crippen LogP contribution in [0.15, 0.2) is 0 Å². The summed E-state index contributed by atoms with van der Waals surface area (Å²) in [5, 5.41) is 5.29. The summed E-state index contributed by atoms with van der Waals surface area (Å²) in [6, 6.07) is 1.69. The van der Waals surface area contributed by atoms with Crippen LogP contribution >= 0.6 is 22.6 Å². The van der Waals surface area contributed by atoms with E-state index in [2.05, 4.69) is 51.0 Å². The number of piperidine rings is 1. The molecule has 2 spiro atoms. The fraction of sp³-hybridized carbons (Fsp3) is 0.852. The Labute approximate surface area is 229 Å². The van der Waals surface area contributed by atoms with Crippen LogP contribution in [0.3, 0.4) is 0 Å². The number of halogens is 1. The van der Waals surface area contributed by atoms with Gasteiger partial charge in [-0.25, -0.2) is 4.79 Å². The van der Waals surface area contributed by atoms with Gasteiger partial charge in [-0.2, -0.15) is 5.10 Å². The molecule has 5 fully saturated rings. The SMILES string of the molecule is Cc1c(I)c(N2CCC(N(C)C3COC3)CC23CCC3)nn1C1CC2(C1)CN(C(=O)OC(C)(C)C)C2. The minimum atomic E-state index is -0.436. The first-order chi connectivity index (χ1) is 17.0. The maximum atomic E-state index is 12.4. The predicted molar refractivity (Wildman–Crippen MR) is 148 cm³/mol. The van der Waals surface area contributed by atoms with Crippen molar-refractivity contribution >= 4 is 34.5 Å². The van der Waals surface area contributed by atoms with Crippen molar-refractivity contribution in [3.8, 4) is 0 Å². The standard InChI is InChI=1S/C27H42IN5O3/c1-18-22(28)23(32-10-7-19(13-27(32)8-6-9-27)30(5)21-14-35-15-21)29-33(18)20-11-26(12-20)16-31(17-26)24(34)36-25(2,3)4/h19-21H,6-17H2,1-5H3. The normalized spacial score (nSPS) is 27.6. The number of likely N-dealkylation sites (tertiary alicyclic amines) is 1. The zero-order chi connectivity index (χ0) is 25.5. The summed E-state index contributed by atoms with van der Waals surface area (Å²) in [4.78, 5) is 19.5. The van der Waals surface area contributed by atoms with E-state index in [-0.39, 0.29) is 17.0 Å². The molecule has 1 aromatic rings. The fourth-order valence-corrected chi connectivity index (χ4v) is 7.91. The second-order valence-electron chi connectivity index (χ2n) is 13.3. The van der Waals surface area contributed by atoms with Crippen molar-refractivity contribution in [1.29, 1.82) is 0 Å². The van der Waals surface area contributed by atoms with E-state index in [1.165, 1.54) is 47.2 Å². The summed E-state index contributed by atoms with van der Waals surface area (Å²) >= 11 is 2.54. The molecular formula is C27H42IN5O3. The maximum absolute atomic E-state index is 12.4. The first-order valence-electron chi connectivity index (χ1n) is 13.8. The molecule has 6 rings (SSSR count). The minimum Gasteiger partial charge on any atom is -0.444 e. The summed E-state index contributed by atoms with van der Waals surface area (Å²) < 4.78 is 14.7. The second-order valence-corrected chi connectivity index (χ2v) is 14.4. The van der Waals surface area contributed by atoms with Crippen LogP contribution in [0.5, 0.6) is 0 Å². The molecule has 9 heteroatoms. The molecule has 0 bridgehead atoms. The molecule has 4 heterocycles. The van der Waals surface area contributed by atoms with Gasteiger partial charge in [0.1, 0.15) is 5.60 Å². The largest absolute Gasteiger partial charge is 0.444 e. The molecule has 1 aromatic heterocycles. The van der Waals surface area contributed by atoms with E-state index in [1.54, 1.807) is 0 Å². The molecule has 0 N–H and O–H groups in total. The molecule has 2 saturated carbocycles. The number of carbonyl (C=O) groups is 1. The van der Waals surface area contributed by atoms with Crippen LogP contribution in [0.1, 0.15) is 77.5 Å². The number of hydrogen-bond donors (Lipinski definition) is 0. The van der Waals surface area contributed by atoms with E-state index >= 15 is 0 Å². The van der Waals surface area contributed by atoms with Gasteiger partial charge < -0.3 is 19.3 Å². The molecule has 3 saturated heterocycles. The van der Waals surface area contributed by atoms with Gasteiger partial charge in [0.2, 0.25) is 0 Å². The molecule has 1 atom stereocenters. The van der Waals surface area contributed by atoms with Crippen molar-refractivity contribution in [1.82, 2.24) is 19.6 Å². The van der Waals surface area contributed by atoms with Crippen LogP contribution in [0.25, 0.3) is 0 Å². The van der Waals surface area contributed by atoms with Crippen LogP contribution in [-0.2, 0) is 9.47 Å². The lowest BCUT2D eigenvalue weighted by molar-refractivity contribution is -0.0931. The highest BCUT2D eigenvalue weighted by Gasteiger charge is 2.56. The van der Waals surface area contributed by atoms with Crippen LogP contribution in [0.4, 0.5) is 10.6 Å². The lowest BCUT2D eigenvalue weighted by atomic mass is 9.61. The molecule has 0 aromatic carbocycles. The number of rotatable bonds is 4. The van der Waals surface area contributed by atoms with Gasteiger partial charge in [0.25, 0.3) is 0 Å². The molecule has 2 aliphatic carbocycles. The van der Waals surface area contributed by atoms with E-state index in [9.17, 15) is 4.79 Å². The van der Waals surface area contributed by atoms with Gasteiger partial charge in [0.05, 0.1) is 34.6 Å². The number of likely N-dealkylation sites (N-methyl/N-ethyl adjacent to an activating group) is 1. The summed E-state index contributed by atoms with van der Waals surface area (Å²) in [5.74, 6) is 1.21. The van der Waals surface area contributed by atoms with E-state index in [4.69, 9.17) is 14.6 Å². The minimum absolute atomic E-state index is 0.173. The van der Waals surface area contributed by atoms with Gasteiger partial charge in [0, 0.05) is 36.6 Å². The van der Waals surface area contributed by atoms with Gasteiger partial charge in [0.15, 0.2) is 5.82 Å². The second kappa shape index (κ2) is 8.73. The van der Waals surface area contributed by atoms with Gasteiger partial charge >= 0.3 is 6.09 Å². The van der Waals surface area contributed by atoms with E-state index in [1.807, 2.05) is 25.7 Å². The molecule has 3 aliphatic heterocycles. The van der Waals surface area contributed by atoms with Crippen molar-refractivity contribution in [2.75, 3.05) is 44.8 Å². The average Bonchev–Trinajstić information content (AvgIpc) is 2.96. The topological polar surface area (TPSA) is 63.1 Å². The Kier molecular flexibility index (Phi) is 6.11. The highest BCUT2D eigenvalue weighted by Crippen LogP contribution is 2.55. The van der Waals surface area contributed by atoms with Crippen LogP contribution in [0, 0.1) is 15.9 Å². The van der Waals surface area contributed by atoms with Gasteiger partial charge in [-0.1, -0.05) is 0 Å². The molecular weight excluding hydrogens is 569 g/mol. The number of aromatic nitrogens is 2. The smallest absolute Gasteiger partial charge is 0.410 e. The Balaban J connectivity index is 1.11. The number of nitrogens with zero attached hydrogens (tertiary/aromatic N) is 5. The van der Waals surface area contributed by atoms with Crippen LogP contribution in [-0.4, -0.2) is 88.8 Å². The van der Waals surface area contributed by atoms with E-state index in [0.717, 1.165) is 45.7 Å². The lowest BCUT2D eigenvalue weighted by Crippen LogP contribution is -2.64. The summed E-state index contributed by atoms with van der Waals surface area (Å²) in [6.45, 7) is 12.5. The highest BCUT2D eigenvalue weighted by atomic mass is 127. The van der Waals surface area contributed by atoms with E-state index in [0.29, 0.717) is 18.1 Å². The number of hydrogen-bond acceptors (Lipinski definition) is 6. The Morgan fingerprint density at radius 2 is 1.86 bits per heavy atom. The summed E-state index contributed by atoms with van der Waals surface area (Å²) in [7, 11) is 2.30. The number of anilines is 1. The summed E-state index contributed by atoms with van der Waals surface area (Å²) in [5.41, 5.74) is 1.40. The van der Waals surface area contributed by atoms with Crippen molar-refractivity contribution < 1.29 is 14.3 Å². The number of amides is 1. The molecule has 1 amide bonds. The molecule has 36 heavy (non-hydrogen) atoms. The van der Waals surface area contributed by atoms with Crippen molar-refractivity contribution in [3.63, 3.8) is 0 Å². The average molecular weight is 612 g/mol. The predicted octanol–water partition coefficient (Wildman–Crippen LogP) is 4.59. The monoisotopic (exact) mass is 611 g/mol. The Morgan fingerprint density at radius 3 is 2.42 bits per heavy atom. The Morgan fingerprint density at radius 1 is 1.17 bits per heavy atom. The first-order valence-corrected chi connectivity index (χ1v) is 14.9.